The van der Waals surface area contributed by atoms with Crippen molar-refractivity contribution in [2.75, 3.05) is 13.1 Å². The first-order valence-electron chi connectivity index (χ1n) is 6.22. The van der Waals surface area contributed by atoms with E-state index in [2.05, 4.69) is 65.6 Å². The molecule has 0 aliphatic rings. The average Bonchev–Trinajstić information content (AvgIpc) is 2.28. The molecule has 0 aliphatic heterocycles. The standard InChI is InChI=1S/C14H21IN2S/c1-11(2)9-17(8-7-14(16)18)10-12-3-5-13(15)6-4-12/h3-6,11H,7-10H2,1-2H3,(H2,16,18). The highest BCUT2D eigenvalue weighted by Crippen LogP contribution is 2.11. The number of nitrogens with two attached hydrogens (primary N) is 1. The molecule has 0 bridgehead atoms. The van der Waals surface area contributed by atoms with Crippen molar-refractivity contribution in [1.29, 1.82) is 0 Å². The third-order valence-corrected chi connectivity index (χ3v) is 3.54. The molecular formula is C14H21IN2S. The molecule has 1 aromatic rings. The number of halogens is 1. The molecule has 0 unspecified atom stereocenters. The Balaban J connectivity index is 2.59. The Morgan fingerprint density at radius 3 is 2.44 bits per heavy atom. The van der Waals surface area contributed by atoms with Crippen molar-refractivity contribution in [2.24, 2.45) is 11.7 Å². The van der Waals surface area contributed by atoms with Crippen molar-refractivity contribution in [2.45, 2.75) is 26.8 Å². The number of nitrogens with zero attached hydrogens (tertiary/aromatic N) is 1. The van der Waals surface area contributed by atoms with E-state index in [-0.39, 0.29) is 0 Å². The molecule has 0 aliphatic carbocycles. The van der Waals surface area contributed by atoms with Crippen molar-refractivity contribution in [3.63, 3.8) is 0 Å². The van der Waals surface area contributed by atoms with Crippen LogP contribution in [-0.2, 0) is 6.54 Å². The van der Waals surface area contributed by atoms with E-state index < -0.39 is 0 Å². The maximum Gasteiger partial charge on any atom is 0.0740 e. The molecule has 0 amide bonds. The summed E-state index contributed by atoms with van der Waals surface area (Å²) in [6.07, 6.45) is 0.798. The van der Waals surface area contributed by atoms with E-state index in [4.69, 9.17) is 18.0 Å². The van der Waals surface area contributed by atoms with Gasteiger partial charge in [-0.2, -0.15) is 0 Å². The minimum absolute atomic E-state index is 0.603. The average molecular weight is 376 g/mol. The van der Waals surface area contributed by atoms with Gasteiger partial charge in [0.1, 0.15) is 0 Å². The lowest BCUT2D eigenvalue weighted by molar-refractivity contribution is 0.243. The molecular weight excluding hydrogens is 355 g/mol. The molecule has 0 spiro atoms. The Labute approximate surface area is 129 Å². The normalized spacial score (nSPS) is 11.2. The van der Waals surface area contributed by atoms with E-state index in [0.717, 1.165) is 26.1 Å². The largest absolute Gasteiger partial charge is 0.393 e. The minimum Gasteiger partial charge on any atom is -0.393 e. The number of rotatable bonds is 7. The van der Waals surface area contributed by atoms with Crippen LogP contribution < -0.4 is 5.73 Å². The predicted octanol–water partition coefficient (Wildman–Crippen LogP) is 3.43. The first-order chi connectivity index (χ1) is 8.47. The van der Waals surface area contributed by atoms with Crippen molar-refractivity contribution < 1.29 is 0 Å². The summed E-state index contributed by atoms with van der Waals surface area (Å²) >= 11 is 7.29. The van der Waals surface area contributed by atoms with Gasteiger partial charge in [0.25, 0.3) is 0 Å². The van der Waals surface area contributed by atoms with E-state index in [9.17, 15) is 0 Å². The van der Waals surface area contributed by atoms with Crippen LogP contribution in [0, 0.1) is 9.49 Å². The molecule has 1 aromatic carbocycles. The molecule has 2 N–H and O–H groups in total. The molecule has 0 atom stereocenters. The van der Waals surface area contributed by atoms with E-state index in [1.807, 2.05) is 0 Å². The van der Waals surface area contributed by atoms with Gasteiger partial charge in [-0.1, -0.05) is 38.2 Å². The van der Waals surface area contributed by atoms with Gasteiger partial charge in [-0.3, -0.25) is 4.90 Å². The van der Waals surface area contributed by atoms with Gasteiger partial charge in [-0.25, -0.2) is 0 Å². The van der Waals surface area contributed by atoms with Gasteiger partial charge in [0.05, 0.1) is 4.99 Å². The van der Waals surface area contributed by atoms with Crippen LogP contribution in [0.4, 0.5) is 0 Å². The van der Waals surface area contributed by atoms with Crippen LogP contribution in [0.3, 0.4) is 0 Å². The smallest absolute Gasteiger partial charge is 0.0740 e. The van der Waals surface area contributed by atoms with Crippen LogP contribution in [0.5, 0.6) is 0 Å². The SMILES string of the molecule is CC(C)CN(CCC(N)=S)Cc1ccc(I)cc1. The predicted molar refractivity (Wildman–Crippen MR) is 90.7 cm³/mol. The van der Waals surface area contributed by atoms with Gasteiger partial charge in [0.2, 0.25) is 0 Å². The zero-order chi connectivity index (χ0) is 13.5. The van der Waals surface area contributed by atoms with Gasteiger partial charge in [-0.15, -0.1) is 0 Å². The zero-order valence-electron chi connectivity index (χ0n) is 11.0. The van der Waals surface area contributed by atoms with Gasteiger partial charge in [0.15, 0.2) is 0 Å². The van der Waals surface area contributed by atoms with Crippen LogP contribution >= 0.6 is 34.8 Å². The fourth-order valence-corrected chi connectivity index (χ4v) is 2.32. The molecule has 0 saturated heterocycles. The molecule has 0 fully saturated rings. The maximum atomic E-state index is 5.59. The molecule has 0 heterocycles. The van der Waals surface area contributed by atoms with Gasteiger partial charge in [-0.05, 0) is 46.2 Å². The Morgan fingerprint density at radius 2 is 1.94 bits per heavy atom. The number of hydrogen-bond donors (Lipinski definition) is 1. The molecule has 18 heavy (non-hydrogen) atoms. The highest BCUT2D eigenvalue weighted by Gasteiger charge is 2.08. The van der Waals surface area contributed by atoms with Crippen molar-refractivity contribution in [3.05, 3.63) is 33.4 Å². The van der Waals surface area contributed by atoms with Crippen molar-refractivity contribution in [3.8, 4) is 0 Å². The van der Waals surface area contributed by atoms with Crippen LogP contribution in [0.2, 0.25) is 0 Å². The Morgan fingerprint density at radius 1 is 1.33 bits per heavy atom. The lowest BCUT2D eigenvalue weighted by atomic mass is 10.1. The van der Waals surface area contributed by atoms with E-state index >= 15 is 0 Å². The molecule has 1 rings (SSSR count). The summed E-state index contributed by atoms with van der Waals surface area (Å²) < 4.78 is 1.27. The highest BCUT2D eigenvalue weighted by molar-refractivity contribution is 14.1. The Hall–Kier alpha value is -0.200. The van der Waals surface area contributed by atoms with Crippen LogP contribution in [0.25, 0.3) is 0 Å². The second-order valence-electron chi connectivity index (χ2n) is 4.97. The van der Waals surface area contributed by atoms with Crippen molar-refractivity contribution >= 4 is 39.8 Å². The summed E-state index contributed by atoms with van der Waals surface area (Å²) in [6, 6.07) is 8.68. The first kappa shape index (κ1) is 15.9. The monoisotopic (exact) mass is 376 g/mol. The van der Waals surface area contributed by atoms with Gasteiger partial charge >= 0.3 is 0 Å². The van der Waals surface area contributed by atoms with E-state index in [0.29, 0.717) is 10.9 Å². The van der Waals surface area contributed by atoms with E-state index in [1.54, 1.807) is 0 Å². The Kier molecular flexibility index (Phi) is 7.11. The molecule has 100 valence electrons. The van der Waals surface area contributed by atoms with Gasteiger partial charge < -0.3 is 5.73 Å². The quantitative estimate of drug-likeness (QED) is 0.584. The summed E-state index contributed by atoms with van der Waals surface area (Å²) in [5.41, 5.74) is 6.93. The molecule has 0 aromatic heterocycles. The molecule has 4 heteroatoms. The zero-order valence-corrected chi connectivity index (χ0v) is 14.0. The second kappa shape index (κ2) is 8.07. The van der Waals surface area contributed by atoms with Crippen LogP contribution in [-0.4, -0.2) is 23.0 Å². The fraction of sp³-hybridized carbons (Fsp3) is 0.500. The highest BCUT2D eigenvalue weighted by atomic mass is 127. The first-order valence-corrected chi connectivity index (χ1v) is 7.71. The molecule has 2 nitrogen and oxygen atoms in total. The second-order valence-corrected chi connectivity index (χ2v) is 6.74. The third-order valence-electron chi connectivity index (χ3n) is 2.62. The summed E-state index contributed by atoms with van der Waals surface area (Å²) in [7, 11) is 0. The van der Waals surface area contributed by atoms with Gasteiger partial charge in [0, 0.05) is 29.6 Å². The molecule has 0 radical (unpaired) electrons. The van der Waals surface area contributed by atoms with E-state index in [1.165, 1.54) is 9.13 Å². The number of thiocarbonyl (C=S) groups is 1. The summed E-state index contributed by atoms with van der Waals surface area (Å²) in [5, 5.41) is 0. The minimum atomic E-state index is 0.603. The van der Waals surface area contributed by atoms with Crippen LogP contribution in [0.1, 0.15) is 25.8 Å². The lowest BCUT2D eigenvalue weighted by Gasteiger charge is -2.24. The third kappa shape index (κ3) is 6.66. The van der Waals surface area contributed by atoms with Crippen molar-refractivity contribution in [1.82, 2.24) is 4.90 Å². The lowest BCUT2D eigenvalue weighted by Crippen LogP contribution is -2.30. The topological polar surface area (TPSA) is 29.3 Å². The molecule has 0 saturated carbocycles. The number of benzene rings is 1. The number of hydrogen-bond acceptors (Lipinski definition) is 2. The summed E-state index contributed by atoms with van der Waals surface area (Å²) in [5.74, 6) is 0.653. The maximum absolute atomic E-state index is 5.59. The summed E-state index contributed by atoms with van der Waals surface area (Å²) in [4.78, 5) is 3.03. The summed E-state index contributed by atoms with van der Waals surface area (Å²) in [6.45, 7) is 7.47. The Bertz CT molecular complexity index is 376. The van der Waals surface area contributed by atoms with Crippen LogP contribution in [0.15, 0.2) is 24.3 Å². The fourth-order valence-electron chi connectivity index (χ4n) is 1.87.